The lowest BCUT2D eigenvalue weighted by atomic mass is 10.1. The van der Waals surface area contributed by atoms with E-state index >= 15 is 0 Å². The van der Waals surface area contributed by atoms with Gasteiger partial charge in [0.25, 0.3) is 0 Å². The van der Waals surface area contributed by atoms with Gasteiger partial charge in [0.15, 0.2) is 11.6 Å². The van der Waals surface area contributed by atoms with Gasteiger partial charge in [-0.1, -0.05) is 37.8 Å². The molecule has 0 aliphatic carbocycles. The highest BCUT2D eigenvalue weighted by Crippen LogP contribution is 2.15. The monoisotopic (exact) mass is 315 g/mol. The topological polar surface area (TPSA) is 74.2 Å². The number of hydrogen-bond donors (Lipinski definition) is 1. The third-order valence-corrected chi connectivity index (χ3v) is 3.05. The van der Waals surface area contributed by atoms with Crippen molar-refractivity contribution in [2.45, 2.75) is 20.5 Å². The Balaban J connectivity index is 0.00000192. The van der Waals surface area contributed by atoms with Crippen LogP contribution in [0.1, 0.15) is 24.3 Å². The first-order valence-corrected chi connectivity index (χ1v) is 6.72. The molecule has 0 unspecified atom stereocenters. The van der Waals surface area contributed by atoms with Crippen LogP contribution in [0.25, 0.3) is 0 Å². The number of hydrogen-bond acceptors (Lipinski definition) is 5. The molecule has 6 heteroatoms. The van der Waals surface area contributed by atoms with Crippen LogP contribution in [0.15, 0.2) is 53.3 Å². The summed E-state index contributed by atoms with van der Waals surface area (Å²) < 4.78 is 23.8. The number of nitrogens with zero attached hydrogens (tertiary/aromatic N) is 2. The van der Waals surface area contributed by atoms with Gasteiger partial charge in [-0.25, -0.2) is 9.37 Å². The molecular formula is C17H18FN3O2. The Kier molecular flexibility index (Phi) is 5.30. The summed E-state index contributed by atoms with van der Waals surface area (Å²) in [5.41, 5.74) is 7.37. The van der Waals surface area contributed by atoms with Crippen LogP contribution in [0.2, 0.25) is 0 Å². The van der Waals surface area contributed by atoms with Gasteiger partial charge in [-0.05, 0) is 11.6 Å². The van der Waals surface area contributed by atoms with E-state index in [1.807, 2.05) is 36.4 Å². The number of rotatable bonds is 5. The molecule has 0 spiro atoms. The highest BCUT2D eigenvalue weighted by Gasteiger charge is 2.07. The van der Waals surface area contributed by atoms with Crippen LogP contribution < -0.4 is 10.5 Å². The Morgan fingerprint density at radius 2 is 1.96 bits per heavy atom. The van der Waals surface area contributed by atoms with Crippen molar-refractivity contribution in [1.82, 2.24) is 9.97 Å². The maximum atomic E-state index is 13.0. The fraction of sp³-hybridized carbons (Fsp3) is 0.176. The van der Waals surface area contributed by atoms with Crippen molar-refractivity contribution in [2.24, 2.45) is 0 Å². The van der Waals surface area contributed by atoms with Gasteiger partial charge in [0.05, 0.1) is 12.5 Å². The minimum absolute atomic E-state index is 0. The molecular weight excluding hydrogens is 297 g/mol. The van der Waals surface area contributed by atoms with E-state index in [0.717, 1.165) is 17.5 Å². The molecule has 0 atom stereocenters. The number of anilines is 1. The molecule has 0 bridgehead atoms. The zero-order valence-corrected chi connectivity index (χ0v) is 11.7. The maximum absolute atomic E-state index is 13.0. The molecule has 3 rings (SSSR count). The Hall–Kier alpha value is -2.89. The number of ether oxygens (including phenoxy) is 1. The van der Waals surface area contributed by atoms with E-state index in [9.17, 15) is 4.39 Å². The van der Waals surface area contributed by atoms with Crippen LogP contribution in [-0.2, 0) is 13.0 Å². The Morgan fingerprint density at radius 3 is 2.70 bits per heavy atom. The Labute approximate surface area is 133 Å². The van der Waals surface area contributed by atoms with Gasteiger partial charge in [0.1, 0.15) is 12.4 Å². The highest BCUT2D eigenvalue weighted by molar-refractivity contribution is 5.29. The largest absolute Gasteiger partial charge is 0.469 e. The SMILES string of the molecule is C.Nc1nc(OCc2coc(Cc3ccccc3)c2)ncc1F. The molecule has 0 fully saturated rings. The van der Waals surface area contributed by atoms with Crippen molar-refractivity contribution in [3.8, 4) is 6.01 Å². The van der Waals surface area contributed by atoms with Crippen molar-refractivity contribution < 1.29 is 13.5 Å². The van der Waals surface area contributed by atoms with Gasteiger partial charge < -0.3 is 14.9 Å². The van der Waals surface area contributed by atoms with Gasteiger partial charge >= 0.3 is 6.01 Å². The number of benzene rings is 1. The Morgan fingerprint density at radius 1 is 1.17 bits per heavy atom. The van der Waals surface area contributed by atoms with Gasteiger partial charge in [-0.2, -0.15) is 4.98 Å². The number of nitrogens with two attached hydrogens (primary N) is 1. The maximum Gasteiger partial charge on any atom is 0.318 e. The first-order chi connectivity index (χ1) is 10.7. The second-order valence-electron chi connectivity index (χ2n) is 4.76. The van der Waals surface area contributed by atoms with E-state index in [-0.39, 0.29) is 25.9 Å². The fourth-order valence-corrected chi connectivity index (χ4v) is 1.97. The molecule has 0 saturated heterocycles. The summed E-state index contributed by atoms with van der Waals surface area (Å²) in [6.45, 7) is 0.226. The lowest BCUT2D eigenvalue weighted by molar-refractivity contribution is 0.279. The molecule has 0 aliphatic heterocycles. The number of furan rings is 1. The van der Waals surface area contributed by atoms with Crippen molar-refractivity contribution in [2.75, 3.05) is 5.73 Å². The molecule has 5 nitrogen and oxygen atoms in total. The molecule has 2 aromatic heterocycles. The summed E-state index contributed by atoms with van der Waals surface area (Å²) in [4.78, 5) is 7.41. The number of halogens is 1. The van der Waals surface area contributed by atoms with Crippen LogP contribution in [0.4, 0.5) is 10.2 Å². The zero-order valence-electron chi connectivity index (χ0n) is 11.7. The van der Waals surface area contributed by atoms with Crippen molar-refractivity contribution in [3.05, 3.63) is 71.6 Å². The van der Waals surface area contributed by atoms with Gasteiger partial charge in [0.2, 0.25) is 0 Å². The first-order valence-electron chi connectivity index (χ1n) is 6.72. The molecule has 0 aliphatic rings. The normalized spacial score (nSPS) is 10.1. The standard InChI is InChI=1S/C16H14FN3O2.CH4/c17-14-8-19-16(20-15(14)18)22-10-12-7-13(21-9-12)6-11-4-2-1-3-5-11;/h1-5,7-9H,6,10H2,(H2,18,19,20);1H4. The third kappa shape index (κ3) is 4.29. The van der Waals surface area contributed by atoms with Gasteiger partial charge in [0, 0.05) is 12.0 Å². The molecule has 1 aromatic carbocycles. The molecule has 3 aromatic rings. The van der Waals surface area contributed by atoms with E-state index in [4.69, 9.17) is 14.9 Å². The third-order valence-electron chi connectivity index (χ3n) is 3.05. The van der Waals surface area contributed by atoms with Crippen LogP contribution in [0.5, 0.6) is 6.01 Å². The molecule has 23 heavy (non-hydrogen) atoms. The smallest absolute Gasteiger partial charge is 0.318 e. The summed E-state index contributed by atoms with van der Waals surface area (Å²) in [7, 11) is 0. The van der Waals surface area contributed by atoms with Crippen molar-refractivity contribution in [1.29, 1.82) is 0 Å². The van der Waals surface area contributed by atoms with E-state index < -0.39 is 5.82 Å². The molecule has 120 valence electrons. The summed E-state index contributed by atoms with van der Waals surface area (Å²) >= 11 is 0. The lowest BCUT2D eigenvalue weighted by Crippen LogP contribution is -2.02. The van der Waals surface area contributed by atoms with E-state index in [1.54, 1.807) is 6.26 Å². The van der Waals surface area contributed by atoms with E-state index in [0.29, 0.717) is 6.42 Å². The van der Waals surface area contributed by atoms with Crippen molar-refractivity contribution in [3.63, 3.8) is 0 Å². The summed E-state index contributed by atoms with van der Waals surface area (Å²) in [6, 6.07) is 11.9. The average Bonchev–Trinajstić information content (AvgIpc) is 2.97. The van der Waals surface area contributed by atoms with Gasteiger partial charge in [-0.3, -0.25) is 0 Å². The fourth-order valence-electron chi connectivity index (χ4n) is 1.97. The molecule has 2 heterocycles. The van der Waals surface area contributed by atoms with Crippen LogP contribution in [-0.4, -0.2) is 9.97 Å². The second-order valence-corrected chi connectivity index (χ2v) is 4.76. The minimum atomic E-state index is -0.666. The highest BCUT2D eigenvalue weighted by atomic mass is 19.1. The second kappa shape index (κ2) is 7.40. The predicted molar refractivity (Wildman–Crippen MR) is 85.4 cm³/mol. The predicted octanol–water partition coefficient (Wildman–Crippen LogP) is 3.60. The summed E-state index contributed by atoms with van der Waals surface area (Å²) in [5, 5.41) is 0. The average molecular weight is 315 g/mol. The lowest BCUT2D eigenvalue weighted by Gasteiger charge is -2.02. The summed E-state index contributed by atoms with van der Waals surface area (Å²) in [6.07, 6.45) is 3.31. The molecule has 2 N–H and O–H groups in total. The summed E-state index contributed by atoms with van der Waals surface area (Å²) in [5.74, 6) is -0.0629. The zero-order chi connectivity index (χ0) is 15.4. The van der Waals surface area contributed by atoms with Crippen molar-refractivity contribution >= 4 is 5.82 Å². The molecule has 0 radical (unpaired) electrons. The van der Waals surface area contributed by atoms with E-state index in [2.05, 4.69) is 9.97 Å². The minimum Gasteiger partial charge on any atom is -0.469 e. The van der Waals surface area contributed by atoms with E-state index in [1.165, 1.54) is 5.56 Å². The number of aromatic nitrogens is 2. The van der Waals surface area contributed by atoms with Crippen LogP contribution in [0, 0.1) is 5.82 Å². The Bertz CT molecular complexity index is 760. The number of nitrogen functional groups attached to an aromatic ring is 1. The van der Waals surface area contributed by atoms with Crippen LogP contribution >= 0.6 is 0 Å². The van der Waals surface area contributed by atoms with Crippen LogP contribution in [0.3, 0.4) is 0 Å². The van der Waals surface area contributed by atoms with Gasteiger partial charge in [-0.15, -0.1) is 0 Å². The molecule has 0 amide bonds. The quantitative estimate of drug-likeness (QED) is 0.778. The first kappa shape index (κ1) is 16.5. The molecule has 0 saturated carbocycles.